The fraction of sp³-hybridized carbons (Fsp3) is 0.200. The number of phenolic OH excluding ortho intramolecular Hbond substituents is 1. The average molecular weight is 266 g/mol. The highest BCUT2D eigenvalue weighted by atomic mass is 19.4. The molecule has 0 bridgehead atoms. The van der Waals surface area contributed by atoms with E-state index in [1.54, 1.807) is 37.3 Å². The van der Waals surface area contributed by atoms with E-state index >= 15 is 0 Å². The summed E-state index contributed by atoms with van der Waals surface area (Å²) in [6.45, 7) is 3.08. The third kappa shape index (κ3) is 2.43. The first-order valence-corrected chi connectivity index (χ1v) is 5.78. The van der Waals surface area contributed by atoms with Crippen molar-refractivity contribution in [3.8, 4) is 16.9 Å². The van der Waals surface area contributed by atoms with Crippen LogP contribution in [0.4, 0.5) is 13.2 Å². The van der Waals surface area contributed by atoms with Gasteiger partial charge in [-0.05, 0) is 42.2 Å². The Morgan fingerprint density at radius 3 is 2.11 bits per heavy atom. The van der Waals surface area contributed by atoms with Gasteiger partial charge in [-0.25, -0.2) is 0 Å². The van der Waals surface area contributed by atoms with Gasteiger partial charge in [0.15, 0.2) is 0 Å². The van der Waals surface area contributed by atoms with E-state index in [2.05, 4.69) is 0 Å². The van der Waals surface area contributed by atoms with E-state index in [9.17, 15) is 18.3 Å². The minimum atomic E-state index is -4.56. The van der Waals surface area contributed by atoms with E-state index in [1.165, 1.54) is 6.92 Å². The van der Waals surface area contributed by atoms with Crippen LogP contribution in [0.25, 0.3) is 11.1 Å². The maximum Gasteiger partial charge on any atom is 0.420 e. The van der Waals surface area contributed by atoms with Crippen LogP contribution >= 0.6 is 0 Å². The molecule has 0 aliphatic heterocycles. The molecule has 19 heavy (non-hydrogen) atoms. The number of aryl methyl sites for hydroxylation is 1. The summed E-state index contributed by atoms with van der Waals surface area (Å²) in [5, 5.41) is 9.56. The highest BCUT2D eigenvalue weighted by Crippen LogP contribution is 2.43. The first kappa shape index (κ1) is 13.5. The zero-order chi connectivity index (χ0) is 14.2. The Labute approximate surface area is 109 Å². The van der Waals surface area contributed by atoms with Crippen LogP contribution in [0.2, 0.25) is 0 Å². The zero-order valence-corrected chi connectivity index (χ0v) is 10.5. The number of benzene rings is 2. The van der Waals surface area contributed by atoms with Crippen LogP contribution in [0.1, 0.15) is 16.7 Å². The van der Waals surface area contributed by atoms with Gasteiger partial charge in [0.05, 0.1) is 0 Å². The smallest absolute Gasteiger partial charge is 0.420 e. The van der Waals surface area contributed by atoms with Crippen LogP contribution in [0, 0.1) is 13.8 Å². The van der Waals surface area contributed by atoms with Crippen LogP contribution < -0.4 is 0 Å². The molecule has 0 saturated heterocycles. The van der Waals surface area contributed by atoms with Gasteiger partial charge in [-0.15, -0.1) is 0 Å². The molecule has 1 N–H and O–H groups in total. The molecule has 2 aromatic carbocycles. The number of rotatable bonds is 1. The summed E-state index contributed by atoms with van der Waals surface area (Å²) in [6.07, 6.45) is -4.56. The molecule has 2 aromatic rings. The lowest BCUT2D eigenvalue weighted by atomic mass is 9.91. The van der Waals surface area contributed by atoms with Crippen LogP contribution in [0.3, 0.4) is 0 Å². The van der Waals surface area contributed by atoms with Crippen molar-refractivity contribution in [2.24, 2.45) is 0 Å². The molecule has 0 atom stereocenters. The Bertz CT molecular complexity index is 601. The highest BCUT2D eigenvalue weighted by molar-refractivity contribution is 5.74. The number of halogens is 3. The van der Waals surface area contributed by atoms with Crippen molar-refractivity contribution >= 4 is 0 Å². The van der Waals surface area contributed by atoms with Gasteiger partial charge < -0.3 is 5.11 Å². The normalized spacial score (nSPS) is 11.6. The summed E-state index contributed by atoms with van der Waals surface area (Å²) < 4.78 is 38.9. The zero-order valence-electron chi connectivity index (χ0n) is 10.5. The van der Waals surface area contributed by atoms with Gasteiger partial charge >= 0.3 is 6.18 Å². The molecule has 0 heterocycles. The monoisotopic (exact) mass is 266 g/mol. The van der Waals surface area contributed by atoms with Crippen LogP contribution in [-0.2, 0) is 6.18 Å². The Kier molecular flexibility index (Phi) is 3.27. The van der Waals surface area contributed by atoms with Gasteiger partial charge in [0, 0.05) is 0 Å². The molecule has 0 unspecified atom stereocenters. The van der Waals surface area contributed by atoms with Crippen molar-refractivity contribution in [2.45, 2.75) is 20.0 Å². The third-order valence-electron chi connectivity index (χ3n) is 3.10. The van der Waals surface area contributed by atoms with Crippen molar-refractivity contribution in [3.63, 3.8) is 0 Å². The molecule has 1 nitrogen and oxygen atoms in total. The minimum Gasteiger partial charge on any atom is -0.507 e. The standard InChI is InChI=1S/C15H13F3O/c1-9-8-12(19)14(15(16,17)18)10(2)13(9)11-6-4-3-5-7-11/h3-8,19H,1-2H3. The lowest BCUT2D eigenvalue weighted by molar-refractivity contribution is -0.139. The van der Waals surface area contributed by atoms with Gasteiger partial charge in [-0.3, -0.25) is 0 Å². The molecule has 0 aliphatic carbocycles. The molecule has 0 aromatic heterocycles. The first-order valence-electron chi connectivity index (χ1n) is 5.78. The van der Waals surface area contributed by atoms with E-state index in [1.807, 2.05) is 0 Å². The Morgan fingerprint density at radius 2 is 1.58 bits per heavy atom. The maximum absolute atomic E-state index is 13.0. The van der Waals surface area contributed by atoms with Gasteiger partial charge in [-0.1, -0.05) is 30.3 Å². The quantitative estimate of drug-likeness (QED) is 0.793. The summed E-state index contributed by atoms with van der Waals surface area (Å²) in [4.78, 5) is 0. The predicted octanol–water partition coefficient (Wildman–Crippen LogP) is 4.69. The summed E-state index contributed by atoms with van der Waals surface area (Å²) in [5.74, 6) is -0.720. The minimum absolute atomic E-state index is 0.0520. The largest absolute Gasteiger partial charge is 0.507 e. The fourth-order valence-electron chi connectivity index (χ4n) is 2.37. The number of phenols is 1. The summed E-state index contributed by atoms with van der Waals surface area (Å²) in [6, 6.07) is 10.0. The van der Waals surface area contributed by atoms with Gasteiger partial charge in [0.1, 0.15) is 11.3 Å². The van der Waals surface area contributed by atoms with Crippen LogP contribution in [-0.4, -0.2) is 5.11 Å². The molecule has 0 fully saturated rings. The molecule has 0 spiro atoms. The number of hydrogen-bond donors (Lipinski definition) is 1. The van der Waals surface area contributed by atoms with Crippen molar-refractivity contribution in [1.29, 1.82) is 0 Å². The second kappa shape index (κ2) is 4.61. The number of aromatic hydroxyl groups is 1. The molecule has 4 heteroatoms. The predicted molar refractivity (Wildman–Crippen MR) is 68.0 cm³/mol. The maximum atomic E-state index is 13.0. The van der Waals surface area contributed by atoms with E-state index in [4.69, 9.17) is 0 Å². The lowest BCUT2D eigenvalue weighted by Crippen LogP contribution is -2.09. The van der Waals surface area contributed by atoms with Crippen LogP contribution in [0.5, 0.6) is 5.75 Å². The van der Waals surface area contributed by atoms with Crippen molar-refractivity contribution in [2.75, 3.05) is 0 Å². The van der Waals surface area contributed by atoms with E-state index in [0.29, 0.717) is 16.7 Å². The van der Waals surface area contributed by atoms with E-state index in [-0.39, 0.29) is 5.56 Å². The molecule has 100 valence electrons. The Morgan fingerprint density at radius 1 is 1.00 bits per heavy atom. The number of alkyl halides is 3. The van der Waals surface area contributed by atoms with Crippen molar-refractivity contribution in [1.82, 2.24) is 0 Å². The SMILES string of the molecule is Cc1cc(O)c(C(F)(F)F)c(C)c1-c1ccccc1. The molecular weight excluding hydrogens is 253 g/mol. The molecule has 0 aliphatic rings. The molecule has 0 radical (unpaired) electrons. The summed E-state index contributed by atoms with van der Waals surface area (Å²) in [7, 11) is 0. The topological polar surface area (TPSA) is 20.2 Å². The third-order valence-corrected chi connectivity index (χ3v) is 3.10. The second-order valence-corrected chi connectivity index (χ2v) is 4.45. The van der Waals surface area contributed by atoms with Crippen molar-refractivity contribution < 1.29 is 18.3 Å². The van der Waals surface area contributed by atoms with Crippen LogP contribution in [0.15, 0.2) is 36.4 Å². The van der Waals surface area contributed by atoms with E-state index in [0.717, 1.165) is 6.07 Å². The lowest BCUT2D eigenvalue weighted by Gasteiger charge is -2.18. The van der Waals surface area contributed by atoms with Gasteiger partial charge in [0.2, 0.25) is 0 Å². The van der Waals surface area contributed by atoms with Gasteiger partial charge in [-0.2, -0.15) is 13.2 Å². The molecule has 2 rings (SSSR count). The van der Waals surface area contributed by atoms with Crippen molar-refractivity contribution in [3.05, 3.63) is 53.1 Å². The highest BCUT2D eigenvalue weighted by Gasteiger charge is 2.37. The second-order valence-electron chi connectivity index (χ2n) is 4.45. The summed E-state index contributed by atoms with van der Waals surface area (Å²) >= 11 is 0. The summed E-state index contributed by atoms with van der Waals surface area (Å²) in [5.41, 5.74) is 0.941. The molecular formula is C15H13F3O. The fourth-order valence-corrected chi connectivity index (χ4v) is 2.37. The van der Waals surface area contributed by atoms with E-state index < -0.39 is 17.5 Å². The first-order chi connectivity index (χ1) is 8.82. The Hall–Kier alpha value is -1.97. The van der Waals surface area contributed by atoms with Gasteiger partial charge in [0.25, 0.3) is 0 Å². The Balaban J connectivity index is 2.77. The average Bonchev–Trinajstić information content (AvgIpc) is 2.27. The molecule has 0 saturated carbocycles. The number of hydrogen-bond acceptors (Lipinski definition) is 1. The molecule has 0 amide bonds.